The van der Waals surface area contributed by atoms with Crippen molar-refractivity contribution in [3.8, 4) is 11.4 Å². The number of hydrogen-bond acceptors (Lipinski definition) is 6. The first-order valence-electron chi connectivity index (χ1n) is 10.3. The van der Waals surface area contributed by atoms with E-state index >= 15 is 0 Å². The van der Waals surface area contributed by atoms with Gasteiger partial charge in [0, 0.05) is 54.6 Å². The van der Waals surface area contributed by atoms with Gasteiger partial charge in [-0.15, -0.1) is 0 Å². The Morgan fingerprint density at radius 3 is 2.76 bits per heavy atom. The van der Waals surface area contributed by atoms with E-state index in [4.69, 9.17) is 9.97 Å². The predicted molar refractivity (Wildman–Crippen MR) is 114 cm³/mol. The number of rotatable bonds is 2. The van der Waals surface area contributed by atoms with E-state index in [1.54, 1.807) is 0 Å². The van der Waals surface area contributed by atoms with E-state index in [9.17, 15) is 0 Å². The van der Waals surface area contributed by atoms with Crippen LogP contribution in [-0.4, -0.2) is 51.1 Å². The van der Waals surface area contributed by atoms with Crippen LogP contribution in [0.15, 0.2) is 43.0 Å². The van der Waals surface area contributed by atoms with Crippen LogP contribution in [0.3, 0.4) is 0 Å². The van der Waals surface area contributed by atoms with E-state index in [-0.39, 0.29) is 0 Å². The summed E-state index contributed by atoms with van der Waals surface area (Å²) in [5.41, 5.74) is 3.21. The Bertz CT molecular complexity index is 1180. The fourth-order valence-corrected chi connectivity index (χ4v) is 4.90. The van der Waals surface area contributed by atoms with Crippen molar-refractivity contribution in [2.45, 2.75) is 19.3 Å². The SMILES string of the molecule is c1cc2c(N3CCC4(CCNC4)CC3)nc(-c3ccnc4[nH]ccc34)nc2cn1. The van der Waals surface area contributed by atoms with Crippen molar-refractivity contribution in [1.82, 2.24) is 30.2 Å². The summed E-state index contributed by atoms with van der Waals surface area (Å²) in [6.45, 7) is 4.38. The highest BCUT2D eigenvalue weighted by Crippen LogP contribution is 2.39. The highest BCUT2D eigenvalue weighted by atomic mass is 15.2. The smallest absolute Gasteiger partial charge is 0.163 e. The first kappa shape index (κ1) is 16.9. The molecule has 6 heterocycles. The summed E-state index contributed by atoms with van der Waals surface area (Å²) < 4.78 is 0. The number of anilines is 1. The van der Waals surface area contributed by atoms with Gasteiger partial charge < -0.3 is 15.2 Å². The maximum absolute atomic E-state index is 5.07. The number of nitrogens with zero attached hydrogens (tertiary/aromatic N) is 5. The van der Waals surface area contributed by atoms with E-state index in [1.165, 1.54) is 19.3 Å². The van der Waals surface area contributed by atoms with Gasteiger partial charge in [-0.05, 0) is 49.4 Å². The first-order chi connectivity index (χ1) is 14.3. The van der Waals surface area contributed by atoms with Crippen LogP contribution in [0.5, 0.6) is 0 Å². The van der Waals surface area contributed by atoms with Crippen LogP contribution in [0.25, 0.3) is 33.3 Å². The molecule has 4 aromatic rings. The average Bonchev–Trinajstić information content (AvgIpc) is 3.43. The van der Waals surface area contributed by atoms with E-state index in [2.05, 4.69) is 25.2 Å². The zero-order valence-electron chi connectivity index (χ0n) is 16.2. The minimum absolute atomic E-state index is 0.478. The van der Waals surface area contributed by atoms with Crippen molar-refractivity contribution in [2.75, 3.05) is 31.1 Å². The summed E-state index contributed by atoms with van der Waals surface area (Å²) in [6.07, 6.45) is 11.1. The lowest BCUT2D eigenvalue weighted by molar-refractivity contribution is 0.247. The van der Waals surface area contributed by atoms with Crippen LogP contribution in [0.1, 0.15) is 19.3 Å². The van der Waals surface area contributed by atoms with Crippen molar-refractivity contribution in [2.24, 2.45) is 5.41 Å². The first-order valence-corrected chi connectivity index (χ1v) is 10.3. The molecule has 0 radical (unpaired) electrons. The van der Waals surface area contributed by atoms with Crippen LogP contribution in [-0.2, 0) is 0 Å². The lowest BCUT2D eigenvalue weighted by atomic mass is 9.78. The molecule has 0 aliphatic carbocycles. The van der Waals surface area contributed by atoms with Gasteiger partial charge in [0.1, 0.15) is 11.5 Å². The number of nitrogens with one attached hydrogen (secondary N) is 2. The quantitative estimate of drug-likeness (QED) is 0.552. The number of fused-ring (bicyclic) bond motifs is 2. The molecular weight excluding hydrogens is 362 g/mol. The summed E-state index contributed by atoms with van der Waals surface area (Å²) in [7, 11) is 0. The summed E-state index contributed by atoms with van der Waals surface area (Å²) in [6, 6.07) is 6.06. The standard InChI is InChI=1S/C22H23N7/c1-7-23-13-18-17(1)21(29-11-5-22(6-12-29)4-10-24-14-22)28-20(27-18)16-3-9-26-19-15(16)2-8-25-19/h1-3,7-9,13,24H,4-6,10-12,14H2,(H,25,26). The summed E-state index contributed by atoms with van der Waals surface area (Å²) >= 11 is 0. The maximum atomic E-state index is 5.07. The van der Waals surface area contributed by atoms with Gasteiger partial charge in [-0.2, -0.15) is 0 Å². The van der Waals surface area contributed by atoms with Gasteiger partial charge in [0.05, 0.1) is 11.7 Å². The second kappa shape index (κ2) is 6.49. The topological polar surface area (TPSA) is 82.6 Å². The molecule has 0 atom stereocenters. The van der Waals surface area contributed by atoms with Crippen molar-refractivity contribution in [1.29, 1.82) is 0 Å². The fraction of sp³-hybridized carbons (Fsp3) is 0.364. The molecule has 0 unspecified atom stereocenters. The monoisotopic (exact) mass is 385 g/mol. The molecule has 2 fully saturated rings. The van der Waals surface area contributed by atoms with Gasteiger partial charge in [0.2, 0.25) is 0 Å². The van der Waals surface area contributed by atoms with Crippen molar-refractivity contribution in [3.05, 3.63) is 43.0 Å². The Labute approximate surface area is 168 Å². The number of H-pyrrole nitrogens is 1. The Hall–Kier alpha value is -3.06. The molecule has 0 saturated carbocycles. The zero-order valence-corrected chi connectivity index (χ0v) is 16.2. The van der Waals surface area contributed by atoms with Gasteiger partial charge in [0.25, 0.3) is 0 Å². The molecule has 146 valence electrons. The number of pyridine rings is 2. The lowest BCUT2D eigenvalue weighted by Crippen LogP contribution is -2.41. The normalized spacial score (nSPS) is 18.8. The van der Waals surface area contributed by atoms with E-state index in [0.29, 0.717) is 5.41 Å². The molecule has 2 saturated heterocycles. The fourth-order valence-electron chi connectivity index (χ4n) is 4.90. The predicted octanol–water partition coefficient (Wildman–Crippen LogP) is 3.15. The highest BCUT2D eigenvalue weighted by Gasteiger charge is 2.37. The van der Waals surface area contributed by atoms with Crippen LogP contribution < -0.4 is 10.2 Å². The third kappa shape index (κ3) is 2.76. The van der Waals surface area contributed by atoms with Gasteiger partial charge in [-0.25, -0.2) is 15.0 Å². The Morgan fingerprint density at radius 2 is 1.90 bits per heavy atom. The minimum Gasteiger partial charge on any atom is -0.356 e. The second-order valence-corrected chi connectivity index (χ2v) is 8.28. The van der Waals surface area contributed by atoms with Crippen molar-refractivity contribution < 1.29 is 0 Å². The lowest BCUT2D eigenvalue weighted by Gasteiger charge is -2.39. The molecule has 2 aliphatic heterocycles. The Morgan fingerprint density at radius 1 is 0.966 bits per heavy atom. The van der Waals surface area contributed by atoms with Gasteiger partial charge in [-0.3, -0.25) is 4.98 Å². The Balaban J connectivity index is 1.45. The molecule has 6 rings (SSSR count). The zero-order chi connectivity index (χ0) is 19.3. The minimum atomic E-state index is 0.478. The average molecular weight is 385 g/mol. The summed E-state index contributed by atoms with van der Waals surface area (Å²) in [5.74, 6) is 1.75. The number of aromatic nitrogens is 5. The molecule has 0 amide bonds. The maximum Gasteiger partial charge on any atom is 0.163 e. The number of hydrogen-bond donors (Lipinski definition) is 2. The molecule has 0 aromatic carbocycles. The van der Waals surface area contributed by atoms with Crippen molar-refractivity contribution >= 4 is 27.8 Å². The number of aromatic amines is 1. The van der Waals surface area contributed by atoms with Crippen molar-refractivity contribution in [3.63, 3.8) is 0 Å². The molecule has 29 heavy (non-hydrogen) atoms. The van der Waals surface area contributed by atoms with Crippen LogP contribution in [0.4, 0.5) is 5.82 Å². The molecule has 0 bridgehead atoms. The van der Waals surface area contributed by atoms with Crippen LogP contribution in [0, 0.1) is 5.41 Å². The van der Waals surface area contributed by atoms with Crippen LogP contribution >= 0.6 is 0 Å². The number of piperidine rings is 1. The van der Waals surface area contributed by atoms with E-state index < -0.39 is 0 Å². The molecule has 4 aromatic heterocycles. The molecule has 1 spiro atoms. The van der Waals surface area contributed by atoms with Gasteiger partial charge in [-0.1, -0.05) is 0 Å². The molecule has 2 aliphatic rings. The van der Waals surface area contributed by atoms with E-state index in [0.717, 1.165) is 65.3 Å². The largest absolute Gasteiger partial charge is 0.356 e. The van der Waals surface area contributed by atoms with Gasteiger partial charge in [0.15, 0.2) is 5.82 Å². The highest BCUT2D eigenvalue weighted by molar-refractivity contribution is 5.95. The third-order valence-corrected chi connectivity index (χ3v) is 6.64. The molecule has 2 N–H and O–H groups in total. The summed E-state index contributed by atoms with van der Waals surface area (Å²) in [5, 5.41) is 5.66. The van der Waals surface area contributed by atoms with Crippen LogP contribution in [0.2, 0.25) is 0 Å². The second-order valence-electron chi connectivity index (χ2n) is 8.28. The third-order valence-electron chi connectivity index (χ3n) is 6.64. The Kier molecular flexibility index (Phi) is 3.77. The molecular formula is C22H23N7. The molecule has 7 nitrogen and oxygen atoms in total. The molecule has 7 heteroatoms. The summed E-state index contributed by atoms with van der Waals surface area (Å²) in [4.78, 5) is 24.2. The van der Waals surface area contributed by atoms with Gasteiger partial charge >= 0.3 is 0 Å². The van der Waals surface area contributed by atoms with E-state index in [1.807, 2.05) is 43.0 Å².